The molecule has 0 aliphatic rings. The van der Waals surface area contributed by atoms with Crippen molar-refractivity contribution in [3.8, 4) is 0 Å². The van der Waals surface area contributed by atoms with Crippen molar-refractivity contribution in [1.82, 2.24) is 0 Å². The predicted molar refractivity (Wildman–Crippen MR) is 238 cm³/mol. The fraction of sp³-hybridized carbons (Fsp3) is 0.820. The zero-order valence-corrected chi connectivity index (χ0v) is 37.2. The molecule has 0 aliphatic carbocycles. The van der Waals surface area contributed by atoms with E-state index in [-0.39, 0.29) is 31.1 Å². The Kier molecular flexibility index (Phi) is 43.4. The number of allylic oxidation sites excluding steroid dienone is 6. The van der Waals surface area contributed by atoms with Gasteiger partial charge in [-0.3, -0.25) is 14.4 Å². The van der Waals surface area contributed by atoms with Gasteiger partial charge >= 0.3 is 17.9 Å². The van der Waals surface area contributed by atoms with Crippen LogP contribution in [-0.4, -0.2) is 37.2 Å². The molecule has 326 valence electrons. The maximum atomic E-state index is 12.7. The van der Waals surface area contributed by atoms with Crippen LogP contribution in [-0.2, 0) is 28.6 Å². The highest BCUT2D eigenvalue weighted by Crippen LogP contribution is 2.15. The summed E-state index contributed by atoms with van der Waals surface area (Å²) in [6.45, 7) is 6.48. The standard InChI is InChI=1S/C50H90O6/c1-4-7-10-13-16-19-22-24-26-28-31-34-37-40-43-49(52)55-46-47(45-54-48(51)42-39-36-33-30-21-18-15-12-9-6-3)56-50(53)44-41-38-35-32-29-27-25-23-20-17-14-11-8-5-2/h7,10,15-16,18-19,47H,4-6,8-9,11-14,17,20-46H2,1-3H3/b10-7-,18-15-,19-16-. The van der Waals surface area contributed by atoms with Crippen LogP contribution in [0.1, 0.15) is 245 Å². The fourth-order valence-corrected chi connectivity index (χ4v) is 6.75. The number of rotatable bonds is 43. The summed E-state index contributed by atoms with van der Waals surface area (Å²) < 4.78 is 16.7. The van der Waals surface area contributed by atoms with E-state index in [1.165, 1.54) is 109 Å². The Balaban J connectivity index is 4.35. The lowest BCUT2D eigenvalue weighted by Crippen LogP contribution is -2.30. The molecule has 0 fully saturated rings. The predicted octanol–water partition coefficient (Wildman–Crippen LogP) is 15.4. The molecule has 0 aromatic carbocycles. The average molecular weight is 787 g/mol. The summed E-state index contributed by atoms with van der Waals surface area (Å²) in [7, 11) is 0. The highest BCUT2D eigenvalue weighted by atomic mass is 16.6. The molecule has 0 radical (unpaired) electrons. The first kappa shape index (κ1) is 53.6. The minimum absolute atomic E-state index is 0.0777. The quantitative estimate of drug-likeness (QED) is 0.0265. The lowest BCUT2D eigenvalue weighted by Gasteiger charge is -2.18. The van der Waals surface area contributed by atoms with E-state index in [1.807, 2.05) is 0 Å². The summed E-state index contributed by atoms with van der Waals surface area (Å²) in [5, 5.41) is 0. The lowest BCUT2D eigenvalue weighted by atomic mass is 10.0. The van der Waals surface area contributed by atoms with Crippen LogP contribution < -0.4 is 0 Å². The highest BCUT2D eigenvalue weighted by Gasteiger charge is 2.19. The van der Waals surface area contributed by atoms with Crippen molar-refractivity contribution in [3.63, 3.8) is 0 Å². The summed E-state index contributed by atoms with van der Waals surface area (Å²) >= 11 is 0. The average Bonchev–Trinajstić information content (AvgIpc) is 3.19. The molecular formula is C50H90O6. The van der Waals surface area contributed by atoms with Crippen molar-refractivity contribution in [3.05, 3.63) is 36.5 Å². The third kappa shape index (κ3) is 42.8. The molecule has 0 amide bonds. The molecule has 6 heteroatoms. The van der Waals surface area contributed by atoms with Crippen molar-refractivity contribution in [2.75, 3.05) is 13.2 Å². The van der Waals surface area contributed by atoms with Crippen molar-refractivity contribution in [2.24, 2.45) is 0 Å². The Labute approximate surface area is 346 Å². The molecule has 0 saturated carbocycles. The van der Waals surface area contributed by atoms with E-state index in [9.17, 15) is 14.4 Å². The SMILES string of the molecule is CC/C=C\C/C=C\CCCCCCCCCC(=O)OCC(COC(=O)CCCCCC/C=C\CCCC)OC(=O)CCCCCCCCCCCCCCCC. The Morgan fingerprint density at radius 2 is 0.714 bits per heavy atom. The number of hydrogen-bond donors (Lipinski definition) is 0. The second kappa shape index (κ2) is 45.3. The smallest absolute Gasteiger partial charge is 0.306 e. The lowest BCUT2D eigenvalue weighted by molar-refractivity contribution is -0.167. The van der Waals surface area contributed by atoms with Crippen LogP contribution in [0.5, 0.6) is 0 Å². The van der Waals surface area contributed by atoms with Gasteiger partial charge < -0.3 is 14.2 Å². The zero-order chi connectivity index (χ0) is 40.8. The zero-order valence-electron chi connectivity index (χ0n) is 37.2. The molecule has 0 saturated heterocycles. The molecule has 0 N–H and O–H groups in total. The van der Waals surface area contributed by atoms with Gasteiger partial charge in [-0.1, -0.05) is 198 Å². The molecule has 1 unspecified atom stereocenters. The van der Waals surface area contributed by atoms with Crippen molar-refractivity contribution in [2.45, 2.75) is 252 Å². The molecule has 0 aromatic rings. The fourth-order valence-electron chi connectivity index (χ4n) is 6.75. The number of ether oxygens (including phenoxy) is 3. The second-order valence-electron chi connectivity index (χ2n) is 16.0. The van der Waals surface area contributed by atoms with Crippen molar-refractivity contribution >= 4 is 17.9 Å². The molecule has 0 aromatic heterocycles. The van der Waals surface area contributed by atoms with E-state index in [0.29, 0.717) is 19.3 Å². The van der Waals surface area contributed by atoms with Crippen LogP contribution in [0.25, 0.3) is 0 Å². The summed E-state index contributed by atoms with van der Waals surface area (Å²) in [5.74, 6) is -0.893. The number of hydrogen-bond acceptors (Lipinski definition) is 6. The van der Waals surface area contributed by atoms with E-state index in [1.54, 1.807) is 0 Å². The Bertz CT molecular complexity index is 953. The Hall–Kier alpha value is -2.37. The van der Waals surface area contributed by atoms with Gasteiger partial charge in [0, 0.05) is 19.3 Å². The first-order chi connectivity index (χ1) is 27.5. The number of carbonyl (C=O) groups excluding carboxylic acids is 3. The van der Waals surface area contributed by atoms with Gasteiger partial charge in [0.05, 0.1) is 0 Å². The van der Waals surface area contributed by atoms with Gasteiger partial charge in [0.2, 0.25) is 0 Å². The van der Waals surface area contributed by atoms with Crippen molar-refractivity contribution < 1.29 is 28.6 Å². The van der Waals surface area contributed by atoms with Crippen LogP contribution >= 0.6 is 0 Å². The van der Waals surface area contributed by atoms with Crippen LogP contribution in [0.3, 0.4) is 0 Å². The molecular weight excluding hydrogens is 697 g/mol. The van der Waals surface area contributed by atoms with Crippen molar-refractivity contribution in [1.29, 1.82) is 0 Å². The van der Waals surface area contributed by atoms with Gasteiger partial charge in [-0.05, 0) is 64.2 Å². The molecule has 0 aliphatic heterocycles. The second-order valence-corrected chi connectivity index (χ2v) is 16.0. The third-order valence-corrected chi connectivity index (χ3v) is 10.4. The Morgan fingerprint density at radius 1 is 0.375 bits per heavy atom. The first-order valence-corrected chi connectivity index (χ1v) is 24.0. The van der Waals surface area contributed by atoms with E-state index in [2.05, 4.69) is 57.2 Å². The van der Waals surface area contributed by atoms with Gasteiger partial charge in [0.25, 0.3) is 0 Å². The monoisotopic (exact) mass is 787 g/mol. The van der Waals surface area contributed by atoms with Crippen LogP contribution in [0, 0.1) is 0 Å². The van der Waals surface area contributed by atoms with Gasteiger partial charge in [0.1, 0.15) is 13.2 Å². The first-order valence-electron chi connectivity index (χ1n) is 24.0. The summed E-state index contributed by atoms with van der Waals surface area (Å²) in [4.78, 5) is 37.8. The maximum absolute atomic E-state index is 12.7. The molecule has 56 heavy (non-hydrogen) atoms. The molecule has 0 bridgehead atoms. The topological polar surface area (TPSA) is 78.9 Å². The minimum atomic E-state index is -0.774. The maximum Gasteiger partial charge on any atom is 0.306 e. The molecule has 0 rings (SSSR count). The summed E-state index contributed by atoms with van der Waals surface area (Å²) in [6.07, 6.45) is 51.3. The minimum Gasteiger partial charge on any atom is -0.462 e. The molecule has 6 nitrogen and oxygen atoms in total. The third-order valence-electron chi connectivity index (χ3n) is 10.4. The van der Waals surface area contributed by atoms with Gasteiger partial charge in [-0.15, -0.1) is 0 Å². The van der Waals surface area contributed by atoms with E-state index in [0.717, 1.165) is 96.3 Å². The molecule has 0 spiro atoms. The van der Waals surface area contributed by atoms with Gasteiger partial charge in [-0.25, -0.2) is 0 Å². The number of esters is 3. The van der Waals surface area contributed by atoms with Gasteiger partial charge in [0.15, 0.2) is 6.10 Å². The van der Waals surface area contributed by atoms with Crippen LogP contribution in [0.4, 0.5) is 0 Å². The van der Waals surface area contributed by atoms with Crippen LogP contribution in [0.2, 0.25) is 0 Å². The normalized spacial score (nSPS) is 12.3. The van der Waals surface area contributed by atoms with E-state index < -0.39 is 6.10 Å². The Morgan fingerprint density at radius 3 is 1.14 bits per heavy atom. The van der Waals surface area contributed by atoms with Crippen LogP contribution in [0.15, 0.2) is 36.5 Å². The largest absolute Gasteiger partial charge is 0.462 e. The van der Waals surface area contributed by atoms with E-state index >= 15 is 0 Å². The number of carbonyl (C=O) groups is 3. The summed E-state index contributed by atoms with van der Waals surface area (Å²) in [5.41, 5.74) is 0. The molecule has 1 atom stereocenters. The van der Waals surface area contributed by atoms with E-state index in [4.69, 9.17) is 14.2 Å². The summed E-state index contributed by atoms with van der Waals surface area (Å²) in [6, 6.07) is 0. The van der Waals surface area contributed by atoms with Gasteiger partial charge in [-0.2, -0.15) is 0 Å². The number of unbranched alkanes of at least 4 members (excludes halogenated alkanes) is 26. The highest BCUT2D eigenvalue weighted by molar-refractivity contribution is 5.71. The molecule has 0 heterocycles.